The monoisotopic (exact) mass is 431 g/mol. The molecule has 2 N–H and O–H groups in total. The number of nitrogens with zero attached hydrogens (tertiary/aromatic N) is 1. The summed E-state index contributed by atoms with van der Waals surface area (Å²) in [6.45, 7) is 2.80. The summed E-state index contributed by atoms with van der Waals surface area (Å²) >= 11 is 5.44. The lowest BCUT2D eigenvalue weighted by Gasteiger charge is -2.21. The van der Waals surface area contributed by atoms with Crippen molar-refractivity contribution in [2.24, 2.45) is 0 Å². The van der Waals surface area contributed by atoms with Crippen LogP contribution in [0.5, 0.6) is 0 Å². The van der Waals surface area contributed by atoms with Gasteiger partial charge in [0.2, 0.25) is 5.91 Å². The highest BCUT2D eigenvalue weighted by Crippen LogP contribution is 2.23. The van der Waals surface area contributed by atoms with Gasteiger partial charge in [-0.25, -0.2) is 8.42 Å². The maximum absolute atomic E-state index is 11.8. The van der Waals surface area contributed by atoms with Crippen LogP contribution in [0.15, 0.2) is 53.4 Å². The summed E-state index contributed by atoms with van der Waals surface area (Å²) in [5.74, 6) is 0.163. The van der Waals surface area contributed by atoms with E-state index >= 15 is 0 Å². The minimum Gasteiger partial charge on any atom is -0.356 e. The molecule has 1 fully saturated rings. The number of rotatable bonds is 6. The van der Waals surface area contributed by atoms with Crippen LogP contribution >= 0.6 is 12.2 Å². The van der Waals surface area contributed by atoms with Gasteiger partial charge in [-0.05, 0) is 67.0 Å². The minimum absolute atomic E-state index is 0.0369. The van der Waals surface area contributed by atoms with Crippen molar-refractivity contribution < 1.29 is 13.2 Å². The number of thiocarbonyl (C=S) groups is 1. The zero-order valence-electron chi connectivity index (χ0n) is 16.5. The molecule has 3 rings (SSSR count). The van der Waals surface area contributed by atoms with E-state index in [-0.39, 0.29) is 11.9 Å². The van der Waals surface area contributed by atoms with E-state index in [2.05, 4.69) is 10.6 Å². The summed E-state index contributed by atoms with van der Waals surface area (Å²) in [7, 11) is -3.21. The molecule has 1 heterocycles. The summed E-state index contributed by atoms with van der Waals surface area (Å²) in [4.78, 5) is 13.9. The summed E-state index contributed by atoms with van der Waals surface area (Å²) < 4.78 is 23.2. The lowest BCUT2D eigenvalue weighted by atomic mass is 10.1. The van der Waals surface area contributed by atoms with Crippen molar-refractivity contribution in [3.8, 4) is 0 Å². The highest BCUT2D eigenvalue weighted by molar-refractivity contribution is 7.90. The topological polar surface area (TPSA) is 78.5 Å². The molecule has 6 nitrogen and oxygen atoms in total. The summed E-state index contributed by atoms with van der Waals surface area (Å²) in [6.07, 6.45) is 3.49. The van der Waals surface area contributed by atoms with Gasteiger partial charge in [-0.3, -0.25) is 4.79 Å². The largest absolute Gasteiger partial charge is 0.356 e. The van der Waals surface area contributed by atoms with Gasteiger partial charge in [-0.1, -0.05) is 19.1 Å². The minimum atomic E-state index is -3.21. The van der Waals surface area contributed by atoms with E-state index in [1.807, 2.05) is 43.3 Å². The number of amides is 1. The average Bonchev–Trinajstić information content (AvgIpc) is 3.12. The highest BCUT2D eigenvalue weighted by atomic mass is 32.2. The number of hydrogen-bond acceptors (Lipinski definition) is 4. The Hall–Kier alpha value is -2.45. The molecule has 2 aromatic carbocycles. The maximum Gasteiger partial charge on any atom is 0.227 e. The van der Waals surface area contributed by atoms with Crippen LogP contribution in [0.1, 0.15) is 37.8 Å². The van der Waals surface area contributed by atoms with E-state index < -0.39 is 9.84 Å². The van der Waals surface area contributed by atoms with Gasteiger partial charge in [0, 0.05) is 30.6 Å². The third-order valence-electron chi connectivity index (χ3n) is 4.93. The van der Waals surface area contributed by atoms with Crippen LogP contribution in [0.25, 0.3) is 0 Å². The number of sulfone groups is 1. The fraction of sp³-hybridized carbons (Fsp3) is 0.333. The Bertz CT molecular complexity index is 987. The average molecular weight is 432 g/mol. The zero-order valence-corrected chi connectivity index (χ0v) is 18.1. The zero-order chi connectivity index (χ0) is 21.0. The van der Waals surface area contributed by atoms with E-state index in [9.17, 15) is 13.2 Å². The third-order valence-corrected chi connectivity index (χ3v) is 6.28. The van der Waals surface area contributed by atoms with Crippen molar-refractivity contribution in [3.63, 3.8) is 0 Å². The van der Waals surface area contributed by atoms with Crippen LogP contribution in [0.2, 0.25) is 0 Å². The van der Waals surface area contributed by atoms with Crippen molar-refractivity contribution in [3.05, 3.63) is 54.1 Å². The molecule has 8 heteroatoms. The Morgan fingerprint density at radius 3 is 2.31 bits per heavy atom. The second-order valence-electron chi connectivity index (χ2n) is 7.10. The first kappa shape index (κ1) is 21.3. The van der Waals surface area contributed by atoms with E-state index in [4.69, 9.17) is 12.2 Å². The number of anilines is 2. The van der Waals surface area contributed by atoms with Crippen LogP contribution in [-0.4, -0.2) is 32.2 Å². The van der Waals surface area contributed by atoms with Crippen molar-refractivity contribution in [2.45, 2.75) is 37.1 Å². The van der Waals surface area contributed by atoms with Gasteiger partial charge in [-0.15, -0.1) is 0 Å². The van der Waals surface area contributed by atoms with Gasteiger partial charge in [0.05, 0.1) is 10.9 Å². The molecule has 2 aromatic rings. The van der Waals surface area contributed by atoms with Crippen LogP contribution in [0, 0.1) is 0 Å². The summed E-state index contributed by atoms with van der Waals surface area (Å²) in [6, 6.07) is 14.4. The number of benzene rings is 2. The van der Waals surface area contributed by atoms with Crippen LogP contribution < -0.4 is 15.5 Å². The Morgan fingerprint density at radius 1 is 1.14 bits per heavy atom. The molecule has 29 heavy (non-hydrogen) atoms. The lowest BCUT2D eigenvalue weighted by Crippen LogP contribution is -2.32. The highest BCUT2D eigenvalue weighted by Gasteiger charge is 2.21. The summed E-state index contributed by atoms with van der Waals surface area (Å²) in [5, 5.41) is 6.92. The Balaban J connectivity index is 1.62. The van der Waals surface area contributed by atoms with Crippen molar-refractivity contribution in [2.75, 3.05) is 23.0 Å². The van der Waals surface area contributed by atoms with Crippen LogP contribution in [0.3, 0.4) is 0 Å². The molecule has 1 amide bonds. The van der Waals surface area contributed by atoms with Crippen LogP contribution in [0.4, 0.5) is 11.4 Å². The normalized spacial score (nSPS) is 15.2. The number of nitrogens with one attached hydrogen (secondary N) is 2. The van der Waals surface area contributed by atoms with Crippen molar-refractivity contribution >= 4 is 44.4 Å². The molecule has 0 bridgehead atoms. The molecule has 0 aliphatic carbocycles. The quantitative estimate of drug-likeness (QED) is 0.680. The van der Waals surface area contributed by atoms with E-state index in [0.717, 1.165) is 36.3 Å². The second kappa shape index (κ2) is 8.92. The standard InChI is InChI=1S/C21H25N3O3S2/c1-3-19(15-6-12-18(13-7-15)29(2,26)27)23-21(28)22-16-8-10-17(11-9-16)24-14-4-5-20(24)25/h6-13,19H,3-5,14H2,1-2H3,(H2,22,23,28). The van der Waals surface area contributed by atoms with Gasteiger partial charge >= 0.3 is 0 Å². The van der Waals surface area contributed by atoms with Gasteiger partial charge < -0.3 is 15.5 Å². The maximum atomic E-state index is 11.8. The van der Waals surface area contributed by atoms with Gasteiger partial charge in [0.25, 0.3) is 0 Å². The first-order valence-electron chi connectivity index (χ1n) is 9.56. The number of carbonyl (C=O) groups excluding carboxylic acids is 1. The predicted molar refractivity (Wildman–Crippen MR) is 120 cm³/mol. The molecule has 1 aliphatic rings. The fourth-order valence-electron chi connectivity index (χ4n) is 3.34. The first-order valence-corrected chi connectivity index (χ1v) is 11.9. The SMILES string of the molecule is CCC(NC(=S)Nc1ccc(N2CCCC2=O)cc1)c1ccc(S(C)(=O)=O)cc1. The lowest BCUT2D eigenvalue weighted by molar-refractivity contribution is -0.117. The molecule has 0 aromatic heterocycles. The smallest absolute Gasteiger partial charge is 0.227 e. The molecule has 0 spiro atoms. The second-order valence-corrected chi connectivity index (χ2v) is 9.52. The first-order chi connectivity index (χ1) is 13.8. The van der Waals surface area contributed by atoms with Gasteiger partial charge in [0.1, 0.15) is 0 Å². The van der Waals surface area contributed by atoms with Gasteiger partial charge in [-0.2, -0.15) is 0 Å². The number of hydrogen-bond donors (Lipinski definition) is 2. The Kier molecular flexibility index (Phi) is 6.54. The van der Waals surface area contributed by atoms with Crippen LogP contribution in [-0.2, 0) is 14.6 Å². The fourth-order valence-corrected chi connectivity index (χ4v) is 4.23. The molecular weight excluding hydrogens is 406 g/mol. The molecular formula is C21H25N3O3S2. The Morgan fingerprint density at radius 2 is 1.79 bits per heavy atom. The van der Waals surface area contributed by atoms with E-state index in [1.165, 1.54) is 6.26 Å². The molecule has 1 unspecified atom stereocenters. The predicted octanol–water partition coefficient (Wildman–Crippen LogP) is 3.65. The number of carbonyl (C=O) groups is 1. The van der Waals surface area contributed by atoms with Crippen molar-refractivity contribution in [1.82, 2.24) is 5.32 Å². The van der Waals surface area contributed by atoms with Gasteiger partial charge in [0.15, 0.2) is 14.9 Å². The summed E-state index contributed by atoms with van der Waals surface area (Å²) in [5.41, 5.74) is 2.70. The molecule has 1 aliphatic heterocycles. The molecule has 0 saturated carbocycles. The molecule has 0 radical (unpaired) electrons. The molecule has 154 valence electrons. The van der Waals surface area contributed by atoms with E-state index in [0.29, 0.717) is 16.4 Å². The Labute approximate surface area is 177 Å². The molecule has 1 atom stereocenters. The third kappa shape index (κ3) is 5.33. The van der Waals surface area contributed by atoms with E-state index in [1.54, 1.807) is 17.0 Å². The van der Waals surface area contributed by atoms with Crippen molar-refractivity contribution in [1.29, 1.82) is 0 Å². The molecule has 1 saturated heterocycles.